The molecule has 4 aliphatic rings. The van der Waals surface area contributed by atoms with E-state index in [1.165, 1.54) is 57.8 Å². The number of likely N-dealkylation sites (N-methyl/N-ethyl adjacent to an activating group) is 1. The third-order valence-electron chi connectivity index (χ3n) is 7.53. The molecule has 28 heavy (non-hydrogen) atoms. The van der Waals surface area contributed by atoms with Gasteiger partial charge in [-0.2, -0.15) is 0 Å². The highest BCUT2D eigenvalue weighted by atomic mass is 16.5. The Morgan fingerprint density at radius 2 is 1.93 bits per heavy atom. The maximum Gasteiger partial charge on any atom is 0.243 e. The summed E-state index contributed by atoms with van der Waals surface area (Å²) < 4.78 is 6.26. The van der Waals surface area contributed by atoms with Gasteiger partial charge < -0.3 is 20.3 Å². The molecule has 2 bridgehead atoms. The van der Waals surface area contributed by atoms with E-state index in [4.69, 9.17) is 4.74 Å². The van der Waals surface area contributed by atoms with Crippen LogP contribution in [0, 0.1) is 11.8 Å². The number of guanidine groups is 1. The van der Waals surface area contributed by atoms with E-state index in [1.807, 2.05) is 0 Å². The van der Waals surface area contributed by atoms with Crippen molar-refractivity contribution in [2.75, 3.05) is 27.2 Å². The second-order valence-electron chi connectivity index (χ2n) is 9.80. The Labute approximate surface area is 169 Å². The normalized spacial score (nSPS) is 34.4. The first-order valence-corrected chi connectivity index (χ1v) is 11.4. The molecule has 3 aliphatic carbocycles. The van der Waals surface area contributed by atoms with Gasteiger partial charge in [0, 0.05) is 32.8 Å². The highest BCUT2D eigenvalue weighted by Crippen LogP contribution is 2.44. The molecule has 1 amide bonds. The van der Waals surface area contributed by atoms with Gasteiger partial charge in [0.2, 0.25) is 5.91 Å². The summed E-state index contributed by atoms with van der Waals surface area (Å²) in [6.07, 6.45) is 13.7. The first-order chi connectivity index (χ1) is 13.5. The summed E-state index contributed by atoms with van der Waals surface area (Å²) in [5, 5.41) is 7.40. The van der Waals surface area contributed by atoms with Crippen LogP contribution in [0.25, 0.3) is 0 Å². The number of aliphatic imine (C=N–C) groups is 1. The van der Waals surface area contributed by atoms with Crippen LogP contribution in [-0.4, -0.2) is 61.7 Å². The lowest BCUT2D eigenvalue weighted by Crippen LogP contribution is -2.54. The lowest BCUT2D eigenvalue weighted by molar-refractivity contribution is -0.127. The fourth-order valence-corrected chi connectivity index (χ4v) is 5.91. The van der Waals surface area contributed by atoms with Gasteiger partial charge in [0.25, 0.3) is 0 Å². The highest BCUT2D eigenvalue weighted by molar-refractivity contribution is 5.85. The number of ether oxygens (including phenoxy) is 1. The molecular formula is C22H38N4O2. The van der Waals surface area contributed by atoms with Crippen molar-refractivity contribution in [1.82, 2.24) is 15.5 Å². The molecule has 6 heteroatoms. The van der Waals surface area contributed by atoms with Crippen molar-refractivity contribution < 1.29 is 9.53 Å². The van der Waals surface area contributed by atoms with Crippen LogP contribution in [0.2, 0.25) is 0 Å². The molecule has 1 saturated heterocycles. The van der Waals surface area contributed by atoms with E-state index in [-0.39, 0.29) is 18.1 Å². The predicted molar refractivity (Wildman–Crippen MR) is 111 cm³/mol. The lowest BCUT2D eigenvalue weighted by Gasteiger charge is -2.44. The molecule has 4 rings (SSSR count). The zero-order valence-electron chi connectivity index (χ0n) is 17.7. The molecule has 2 N–H and O–H groups in total. The van der Waals surface area contributed by atoms with Crippen molar-refractivity contribution in [3.63, 3.8) is 0 Å². The molecule has 1 aliphatic heterocycles. The predicted octanol–water partition coefficient (Wildman–Crippen LogP) is 2.68. The van der Waals surface area contributed by atoms with E-state index < -0.39 is 0 Å². The van der Waals surface area contributed by atoms with E-state index in [9.17, 15) is 4.79 Å². The first-order valence-electron chi connectivity index (χ1n) is 11.4. The summed E-state index contributed by atoms with van der Waals surface area (Å²) in [5.74, 6) is 2.55. The van der Waals surface area contributed by atoms with Gasteiger partial charge in [-0.15, -0.1) is 0 Å². The third kappa shape index (κ3) is 4.64. The first kappa shape index (κ1) is 20.0. The van der Waals surface area contributed by atoms with E-state index in [1.54, 1.807) is 19.0 Å². The standard InChI is InChI=1S/C22H38N4O2/c1-26(2)20(27)15-23-21(25-19-13-16-6-7-17(19)12-16)24-18-8-11-28-22(14-18)9-4-3-5-10-22/h16-19H,3-15H2,1-2H3,(H2,23,24,25). The van der Waals surface area contributed by atoms with Crippen molar-refractivity contribution in [2.24, 2.45) is 16.8 Å². The van der Waals surface area contributed by atoms with Crippen molar-refractivity contribution in [1.29, 1.82) is 0 Å². The SMILES string of the molecule is CN(C)C(=O)CN=C(NC1CCOC2(CCCCC2)C1)NC1CC2CCC1C2. The van der Waals surface area contributed by atoms with Crippen LogP contribution in [0.1, 0.15) is 70.6 Å². The van der Waals surface area contributed by atoms with Crippen LogP contribution in [-0.2, 0) is 9.53 Å². The summed E-state index contributed by atoms with van der Waals surface area (Å²) in [4.78, 5) is 18.4. The number of fused-ring (bicyclic) bond motifs is 2. The second-order valence-corrected chi connectivity index (χ2v) is 9.80. The monoisotopic (exact) mass is 390 g/mol. The Morgan fingerprint density at radius 1 is 1.11 bits per heavy atom. The molecule has 4 fully saturated rings. The Hall–Kier alpha value is -1.30. The fourth-order valence-electron chi connectivity index (χ4n) is 5.91. The number of rotatable bonds is 4. The van der Waals surface area contributed by atoms with Gasteiger partial charge in [0.05, 0.1) is 5.60 Å². The number of amides is 1. The number of carbonyl (C=O) groups excluding carboxylic acids is 1. The van der Waals surface area contributed by atoms with Crippen LogP contribution in [0.3, 0.4) is 0 Å². The van der Waals surface area contributed by atoms with Crippen molar-refractivity contribution in [2.45, 2.75) is 88.3 Å². The van der Waals surface area contributed by atoms with Crippen molar-refractivity contribution in [3.8, 4) is 0 Å². The number of hydrogen-bond acceptors (Lipinski definition) is 3. The lowest BCUT2D eigenvalue weighted by atomic mass is 9.78. The summed E-state index contributed by atoms with van der Waals surface area (Å²) in [5.41, 5.74) is 0.0746. The minimum Gasteiger partial charge on any atom is -0.375 e. The Balaban J connectivity index is 1.40. The maximum absolute atomic E-state index is 12.1. The number of carbonyl (C=O) groups is 1. The molecule has 4 unspecified atom stereocenters. The maximum atomic E-state index is 12.1. The summed E-state index contributed by atoms with van der Waals surface area (Å²) in [6, 6.07) is 0.897. The molecule has 0 aromatic carbocycles. The molecular weight excluding hydrogens is 352 g/mol. The van der Waals surface area contributed by atoms with Crippen molar-refractivity contribution >= 4 is 11.9 Å². The molecule has 6 nitrogen and oxygen atoms in total. The summed E-state index contributed by atoms with van der Waals surface area (Å²) in [6.45, 7) is 1.03. The Bertz CT molecular complexity index is 580. The van der Waals surface area contributed by atoms with Gasteiger partial charge in [0.1, 0.15) is 6.54 Å². The zero-order chi connectivity index (χ0) is 19.6. The van der Waals surface area contributed by atoms with Crippen LogP contribution < -0.4 is 10.6 Å². The minimum atomic E-state index is 0.0461. The molecule has 4 atom stereocenters. The Morgan fingerprint density at radius 3 is 2.61 bits per heavy atom. The number of hydrogen-bond donors (Lipinski definition) is 2. The number of nitrogens with one attached hydrogen (secondary N) is 2. The highest BCUT2D eigenvalue weighted by Gasteiger charge is 2.41. The molecule has 158 valence electrons. The van der Waals surface area contributed by atoms with E-state index in [0.717, 1.165) is 37.2 Å². The molecule has 3 saturated carbocycles. The zero-order valence-corrected chi connectivity index (χ0v) is 17.7. The molecule has 1 spiro atoms. The third-order valence-corrected chi connectivity index (χ3v) is 7.53. The Kier molecular flexibility index (Phi) is 6.14. The number of nitrogens with zero attached hydrogens (tertiary/aromatic N) is 2. The quantitative estimate of drug-likeness (QED) is 0.572. The van der Waals surface area contributed by atoms with Crippen LogP contribution >= 0.6 is 0 Å². The molecule has 1 heterocycles. The molecule has 0 radical (unpaired) electrons. The molecule has 0 aromatic rings. The van der Waals surface area contributed by atoms with Gasteiger partial charge in [-0.3, -0.25) is 4.79 Å². The van der Waals surface area contributed by atoms with Gasteiger partial charge in [0.15, 0.2) is 5.96 Å². The molecule has 0 aromatic heterocycles. The smallest absolute Gasteiger partial charge is 0.243 e. The van der Waals surface area contributed by atoms with Gasteiger partial charge in [-0.25, -0.2) is 4.99 Å². The van der Waals surface area contributed by atoms with Crippen LogP contribution in [0.15, 0.2) is 4.99 Å². The van der Waals surface area contributed by atoms with Gasteiger partial charge in [-0.05, 0) is 56.8 Å². The average Bonchev–Trinajstić information content (AvgIpc) is 3.29. The van der Waals surface area contributed by atoms with Gasteiger partial charge >= 0.3 is 0 Å². The second kappa shape index (κ2) is 8.60. The van der Waals surface area contributed by atoms with E-state index in [0.29, 0.717) is 12.1 Å². The van der Waals surface area contributed by atoms with E-state index in [2.05, 4.69) is 15.6 Å². The fraction of sp³-hybridized carbons (Fsp3) is 0.909. The van der Waals surface area contributed by atoms with Crippen LogP contribution in [0.5, 0.6) is 0 Å². The van der Waals surface area contributed by atoms with Crippen LogP contribution in [0.4, 0.5) is 0 Å². The largest absolute Gasteiger partial charge is 0.375 e. The topological polar surface area (TPSA) is 66.0 Å². The van der Waals surface area contributed by atoms with Crippen molar-refractivity contribution in [3.05, 3.63) is 0 Å². The minimum absolute atomic E-state index is 0.0461. The average molecular weight is 391 g/mol. The van der Waals surface area contributed by atoms with Gasteiger partial charge in [-0.1, -0.05) is 25.7 Å². The summed E-state index contributed by atoms with van der Waals surface area (Å²) in [7, 11) is 3.58. The summed E-state index contributed by atoms with van der Waals surface area (Å²) >= 11 is 0. The van der Waals surface area contributed by atoms with E-state index >= 15 is 0 Å².